The van der Waals surface area contributed by atoms with Gasteiger partial charge in [-0.3, -0.25) is 9.36 Å². The first-order valence-electron chi connectivity index (χ1n) is 8.65. The van der Waals surface area contributed by atoms with Gasteiger partial charge in [0.25, 0.3) is 5.56 Å². The Hall–Kier alpha value is -2.16. The predicted octanol–water partition coefficient (Wildman–Crippen LogP) is 1.95. The van der Waals surface area contributed by atoms with Crippen molar-refractivity contribution >= 4 is 0 Å². The van der Waals surface area contributed by atoms with Crippen molar-refractivity contribution in [1.29, 1.82) is 0 Å². The van der Waals surface area contributed by atoms with Crippen molar-refractivity contribution < 1.29 is 13.2 Å². The molecule has 2 aromatic heterocycles. The SMILES string of the molecule is Cn1ccnc1CCN1CCC(Cn2cnc(C(F)(F)F)cc2=O)CC1. The Labute approximate surface area is 149 Å². The van der Waals surface area contributed by atoms with Gasteiger partial charge in [-0.15, -0.1) is 0 Å². The summed E-state index contributed by atoms with van der Waals surface area (Å²) < 4.78 is 41.0. The van der Waals surface area contributed by atoms with Crippen LogP contribution in [0.1, 0.15) is 24.4 Å². The molecule has 6 nitrogen and oxygen atoms in total. The number of nitrogens with zero attached hydrogens (tertiary/aromatic N) is 5. The van der Waals surface area contributed by atoms with Crippen LogP contribution < -0.4 is 5.56 Å². The molecule has 142 valence electrons. The van der Waals surface area contributed by atoms with Crippen LogP contribution >= 0.6 is 0 Å². The van der Waals surface area contributed by atoms with E-state index in [4.69, 9.17) is 0 Å². The molecule has 0 N–H and O–H groups in total. The summed E-state index contributed by atoms with van der Waals surface area (Å²) in [6, 6.07) is 0.571. The highest BCUT2D eigenvalue weighted by Gasteiger charge is 2.33. The third kappa shape index (κ3) is 4.51. The average Bonchev–Trinajstić information content (AvgIpc) is 3.00. The molecule has 1 aliphatic heterocycles. The van der Waals surface area contributed by atoms with E-state index in [0.717, 1.165) is 51.0 Å². The van der Waals surface area contributed by atoms with E-state index in [-0.39, 0.29) is 5.92 Å². The summed E-state index contributed by atoms with van der Waals surface area (Å²) in [5.74, 6) is 1.32. The lowest BCUT2D eigenvalue weighted by Crippen LogP contribution is -2.37. The maximum atomic E-state index is 12.6. The fourth-order valence-corrected chi connectivity index (χ4v) is 3.28. The molecular weight excluding hydrogens is 347 g/mol. The summed E-state index contributed by atoms with van der Waals surface area (Å²) in [6.07, 6.45) is 2.85. The maximum Gasteiger partial charge on any atom is 0.433 e. The monoisotopic (exact) mass is 369 g/mol. The number of rotatable bonds is 5. The minimum atomic E-state index is -4.59. The first-order chi connectivity index (χ1) is 12.3. The second-order valence-electron chi connectivity index (χ2n) is 6.75. The predicted molar refractivity (Wildman–Crippen MR) is 89.6 cm³/mol. The van der Waals surface area contributed by atoms with Crippen LogP contribution in [0.5, 0.6) is 0 Å². The quantitative estimate of drug-likeness (QED) is 0.808. The average molecular weight is 369 g/mol. The van der Waals surface area contributed by atoms with Gasteiger partial charge in [-0.2, -0.15) is 13.2 Å². The fraction of sp³-hybridized carbons (Fsp3) is 0.588. The maximum absolute atomic E-state index is 12.6. The van der Waals surface area contributed by atoms with Gasteiger partial charge < -0.3 is 9.47 Å². The van der Waals surface area contributed by atoms with Crippen molar-refractivity contribution in [2.45, 2.75) is 32.0 Å². The van der Waals surface area contributed by atoms with Crippen LogP contribution in [-0.4, -0.2) is 43.6 Å². The van der Waals surface area contributed by atoms with E-state index in [0.29, 0.717) is 12.6 Å². The van der Waals surface area contributed by atoms with E-state index in [9.17, 15) is 18.0 Å². The molecule has 3 rings (SSSR count). The molecular formula is C17H22F3N5O. The van der Waals surface area contributed by atoms with Gasteiger partial charge in [-0.25, -0.2) is 9.97 Å². The van der Waals surface area contributed by atoms with Gasteiger partial charge in [-0.05, 0) is 31.8 Å². The van der Waals surface area contributed by atoms with E-state index in [2.05, 4.69) is 14.9 Å². The lowest BCUT2D eigenvalue weighted by molar-refractivity contribution is -0.141. The van der Waals surface area contributed by atoms with Crippen LogP contribution in [-0.2, 0) is 26.2 Å². The number of hydrogen-bond donors (Lipinski definition) is 0. The van der Waals surface area contributed by atoms with E-state index >= 15 is 0 Å². The molecule has 1 saturated heterocycles. The van der Waals surface area contributed by atoms with Crippen molar-refractivity contribution in [2.24, 2.45) is 13.0 Å². The highest BCUT2D eigenvalue weighted by molar-refractivity contribution is 5.03. The van der Waals surface area contributed by atoms with Crippen LogP contribution in [0, 0.1) is 5.92 Å². The summed E-state index contributed by atoms with van der Waals surface area (Å²) in [5.41, 5.74) is -1.78. The van der Waals surface area contributed by atoms with Gasteiger partial charge in [0.05, 0.1) is 6.33 Å². The molecule has 0 aromatic carbocycles. The molecule has 0 amide bonds. The van der Waals surface area contributed by atoms with Crippen molar-refractivity contribution in [3.8, 4) is 0 Å². The number of piperidine rings is 1. The van der Waals surface area contributed by atoms with Crippen molar-refractivity contribution in [1.82, 2.24) is 24.0 Å². The molecule has 0 unspecified atom stereocenters. The molecule has 0 atom stereocenters. The smallest absolute Gasteiger partial charge is 0.338 e. The highest BCUT2D eigenvalue weighted by Crippen LogP contribution is 2.26. The second kappa shape index (κ2) is 7.61. The van der Waals surface area contributed by atoms with Crippen LogP contribution in [0.2, 0.25) is 0 Å². The number of halogens is 3. The number of hydrogen-bond acceptors (Lipinski definition) is 4. The Balaban J connectivity index is 1.50. The summed E-state index contributed by atoms with van der Waals surface area (Å²) in [7, 11) is 1.98. The number of alkyl halides is 3. The zero-order valence-electron chi connectivity index (χ0n) is 14.6. The molecule has 1 fully saturated rings. The van der Waals surface area contributed by atoms with Gasteiger partial charge in [0.15, 0.2) is 5.69 Å². The Bertz CT molecular complexity index is 790. The zero-order chi connectivity index (χ0) is 18.7. The van der Waals surface area contributed by atoms with Crippen molar-refractivity contribution in [2.75, 3.05) is 19.6 Å². The van der Waals surface area contributed by atoms with E-state index < -0.39 is 17.4 Å². The van der Waals surface area contributed by atoms with E-state index in [1.807, 2.05) is 17.8 Å². The van der Waals surface area contributed by atoms with E-state index in [1.165, 1.54) is 4.57 Å². The summed E-state index contributed by atoms with van der Waals surface area (Å²) in [5, 5.41) is 0. The van der Waals surface area contributed by atoms with Crippen LogP contribution in [0.15, 0.2) is 29.6 Å². The Kier molecular flexibility index (Phi) is 5.45. The van der Waals surface area contributed by atoms with Gasteiger partial charge in [-0.1, -0.05) is 0 Å². The molecule has 0 saturated carbocycles. The topological polar surface area (TPSA) is 56.0 Å². The lowest BCUT2D eigenvalue weighted by Gasteiger charge is -2.32. The number of imidazole rings is 1. The van der Waals surface area contributed by atoms with Crippen LogP contribution in [0.3, 0.4) is 0 Å². The summed E-state index contributed by atoms with van der Waals surface area (Å²) in [4.78, 5) is 21.9. The molecule has 0 aliphatic carbocycles. The molecule has 3 heterocycles. The number of aryl methyl sites for hydroxylation is 1. The molecule has 1 aliphatic rings. The van der Waals surface area contributed by atoms with Crippen LogP contribution in [0.25, 0.3) is 0 Å². The first kappa shape index (κ1) is 18.6. The standard InChI is InChI=1S/C17H22F3N5O/c1-23-9-5-21-15(23)4-8-24-6-2-13(3-7-24)11-25-12-22-14(10-16(25)26)17(18,19)20/h5,9-10,12-13H,2-4,6-8,11H2,1H3. The van der Waals surface area contributed by atoms with Gasteiger partial charge >= 0.3 is 6.18 Å². The van der Waals surface area contributed by atoms with Gasteiger partial charge in [0.2, 0.25) is 0 Å². The molecule has 2 aromatic rings. The first-order valence-corrected chi connectivity index (χ1v) is 8.65. The van der Waals surface area contributed by atoms with Crippen molar-refractivity contribution in [3.05, 3.63) is 46.7 Å². The highest BCUT2D eigenvalue weighted by atomic mass is 19.4. The number of aromatic nitrogens is 4. The third-order valence-electron chi connectivity index (χ3n) is 4.90. The normalized spacial score (nSPS) is 16.9. The Morgan fingerprint density at radius 1 is 1.23 bits per heavy atom. The summed E-state index contributed by atoms with van der Waals surface area (Å²) >= 11 is 0. The second-order valence-corrected chi connectivity index (χ2v) is 6.75. The lowest BCUT2D eigenvalue weighted by atomic mass is 9.96. The van der Waals surface area contributed by atoms with Crippen molar-refractivity contribution in [3.63, 3.8) is 0 Å². The minimum absolute atomic E-state index is 0.274. The minimum Gasteiger partial charge on any atom is -0.338 e. The molecule has 0 radical (unpaired) electrons. The number of likely N-dealkylation sites (tertiary alicyclic amines) is 1. The summed E-state index contributed by atoms with van der Waals surface area (Å²) in [6.45, 7) is 3.17. The molecule has 0 spiro atoms. The largest absolute Gasteiger partial charge is 0.433 e. The Morgan fingerprint density at radius 3 is 2.54 bits per heavy atom. The zero-order valence-corrected chi connectivity index (χ0v) is 14.6. The Morgan fingerprint density at radius 2 is 1.96 bits per heavy atom. The van der Waals surface area contributed by atoms with Gasteiger partial charge in [0.1, 0.15) is 5.82 Å². The van der Waals surface area contributed by atoms with E-state index in [1.54, 1.807) is 6.20 Å². The van der Waals surface area contributed by atoms with Crippen LogP contribution in [0.4, 0.5) is 13.2 Å². The molecule has 26 heavy (non-hydrogen) atoms. The molecule has 9 heteroatoms. The molecule has 0 bridgehead atoms. The fourth-order valence-electron chi connectivity index (χ4n) is 3.28. The van der Waals surface area contributed by atoms with Gasteiger partial charge in [0, 0.05) is 45.0 Å². The third-order valence-corrected chi connectivity index (χ3v) is 4.90.